The first-order chi connectivity index (χ1) is 32.8. The number of hydrogen-bond donors (Lipinski definition) is 4. The maximum Gasteiger partial charge on any atom is 0.490 e. The van der Waals surface area contributed by atoms with Crippen LogP contribution in [0, 0.1) is 23.4 Å². The number of piperidine rings is 2. The molecule has 0 unspecified atom stereocenters. The number of aromatic hydroxyl groups is 1. The molecule has 0 bridgehead atoms. The second kappa shape index (κ2) is 19.9. The Morgan fingerprint density at radius 1 is 0.942 bits per heavy atom. The number of nitrogens with one attached hydrogen (secondary N) is 2. The number of carboxylic acids is 1. The molecule has 5 heterocycles. The van der Waals surface area contributed by atoms with Crippen LogP contribution in [-0.2, 0) is 32.6 Å². The van der Waals surface area contributed by atoms with E-state index in [0.29, 0.717) is 24.6 Å². The third-order valence-corrected chi connectivity index (χ3v) is 13.9. The van der Waals surface area contributed by atoms with Gasteiger partial charge in [0.05, 0.1) is 40.4 Å². The minimum Gasteiger partial charge on any atom is -0.503 e. The van der Waals surface area contributed by atoms with Gasteiger partial charge in [0.25, 0.3) is 5.91 Å². The van der Waals surface area contributed by atoms with E-state index in [4.69, 9.17) is 19.7 Å². The molecule has 3 saturated heterocycles. The van der Waals surface area contributed by atoms with Crippen LogP contribution < -0.4 is 21.2 Å². The van der Waals surface area contributed by atoms with E-state index in [9.17, 15) is 50.6 Å². The Hall–Kier alpha value is -6.42. The number of imidazole rings is 1. The number of hydrogen-bond acceptors (Lipinski definition) is 10. The highest BCUT2D eigenvalue weighted by Gasteiger charge is 2.40. The molecular weight excluding hydrogens is 919 g/mol. The summed E-state index contributed by atoms with van der Waals surface area (Å²) in [5.41, 5.74) is 3.44. The number of ether oxygens (including phenoxy) is 1. The molecular formula is C47H52F6N8O8. The first kappa shape index (κ1) is 49.0. The van der Waals surface area contributed by atoms with E-state index < -0.39 is 58.8 Å². The lowest BCUT2D eigenvalue weighted by atomic mass is 9.86. The number of phenols is 1. The number of benzene rings is 3. The maximum atomic E-state index is 14.2. The van der Waals surface area contributed by atoms with Crippen LogP contribution >= 0.6 is 0 Å². The minimum absolute atomic E-state index is 0.124. The number of halogens is 6. The summed E-state index contributed by atoms with van der Waals surface area (Å²) in [6, 6.07) is 12.4. The number of carboxylic acid groups (broad SMARTS) is 1. The van der Waals surface area contributed by atoms with Crippen molar-refractivity contribution in [1.29, 1.82) is 0 Å². The molecule has 2 aromatic heterocycles. The number of carbonyl (C=O) groups is 4. The van der Waals surface area contributed by atoms with Gasteiger partial charge in [0, 0.05) is 63.5 Å². The van der Waals surface area contributed by atoms with E-state index in [1.165, 1.54) is 4.57 Å². The zero-order chi connectivity index (χ0) is 49.4. The summed E-state index contributed by atoms with van der Waals surface area (Å²) >= 11 is 0. The number of imide groups is 1. The number of aliphatic carboxylic acids is 1. The number of aryl methyl sites for hydroxylation is 2. The molecule has 370 valence electrons. The van der Waals surface area contributed by atoms with E-state index in [-0.39, 0.29) is 42.1 Å². The Labute approximate surface area is 390 Å². The predicted octanol–water partition coefficient (Wildman–Crippen LogP) is 5.89. The molecule has 3 aromatic carbocycles. The Kier molecular flexibility index (Phi) is 14.1. The summed E-state index contributed by atoms with van der Waals surface area (Å²) in [5, 5.41) is 27.4. The van der Waals surface area contributed by atoms with E-state index in [1.54, 1.807) is 11.6 Å². The van der Waals surface area contributed by atoms with E-state index in [0.717, 1.165) is 112 Å². The van der Waals surface area contributed by atoms with Gasteiger partial charge >= 0.3 is 17.8 Å². The minimum atomic E-state index is -5.08. The number of rotatable bonds is 10. The SMILES string of the molecule is Cn1c(=O)n([C@@H]2CCC(=O)NC2=O)c2ccc(CCCN3CCOC4(CCN(c5ccc6cn(C7CCC(CNC(=O)c8cc(F)c(O)c(F)c8F)CC7)nc6c5)CC4)C3)cc21.O=C(O)C(F)(F)F. The molecule has 4 fully saturated rings. The Bertz CT molecular complexity index is 2830. The number of morpholine rings is 1. The van der Waals surface area contributed by atoms with Gasteiger partial charge in [-0.05, 0) is 112 Å². The first-order valence-corrected chi connectivity index (χ1v) is 22.9. The molecule has 16 nitrogen and oxygen atoms in total. The lowest BCUT2D eigenvalue weighted by molar-refractivity contribution is -0.192. The predicted molar refractivity (Wildman–Crippen MR) is 238 cm³/mol. The number of nitrogens with zero attached hydrogens (tertiary/aromatic N) is 6. The third-order valence-electron chi connectivity index (χ3n) is 13.9. The van der Waals surface area contributed by atoms with Crippen LogP contribution in [0.2, 0.25) is 0 Å². The topological polar surface area (TPSA) is 193 Å². The third kappa shape index (κ3) is 10.6. The molecule has 22 heteroatoms. The molecule has 4 N–H and O–H groups in total. The van der Waals surface area contributed by atoms with Gasteiger partial charge < -0.3 is 25.2 Å². The average molecular weight is 971 g/mol. The van der Waals surface area contributed by atoms with Gasteiger partial charge in [-0.2, -0.15) is 22.7 Å². The molecule has 0 radical (unpaired) electrons. The summed E-state index contributed by atoms with van der Waals surface area (Å²) in [4.78, 5) is 63.8. The molecule has 69 heavy (non-hydrogen) atoms. The van der Waals surface area contributed by atoms with E-state index >= 15 is 0 Å². The molecule has 3 aliphatic heterocycles. The van der Waals surface area contributed by atoms with Crippen LogP contribution in [0.15, 0.2) is 53.5 Å². The van der Waals surface area contributed by atoms with Crippen molar-refractivity contribution in [3.63, 3.8) is 0 Å². The van der Waals surface area contributed by atoms with Crippen molar-refractivity contribution >= 4 is 51.3 Å². The summed E-state index contributed by atoms with van der Waals surface area (Å²) in [7, 11) is 1.72. The van der Waals surface area contributed by atoms with Gasteiger partial charge in [-0.1, -0.05) is 6.07 Å². The molecule has 9 rings (SSSR count). The Balaban J connectivity index is 0.000000853. The number of alkyl halides is 3. The van der Waals surface area contributed by atoms with E-state index in [1.807, 2.05) is 22.9 Å². The van der Waals surface area contributed by atoms with Crippen molar-refractivity contribution in [1.82, 2.24) is 34.4 Å². The number of amides is 3. The fourth-order valence-corrected chi connectivity index (χ4v) is 9.99. The maximum absolute atomic E-state index is 14.2. The number of fused-ring (bicyclic) bond motifs is 2. The first-order valence-electron chi connectivity index (χ1n) is 22.9. The summed E-state index contributed by atoms with van der Waals surface area (Å²) in [5.74, 6) is -10.5. The zero-order valence-corrected chi connectivity index (χ0v) is 37.7. The van der Waals surface area contributed by atoms with Crippen LogP contribution in [0.3, 0.4) is 0 Å². The van der Waals surface area contributed by atoms with Gasteiger partial charge in [0.2, 0.25) is 17.6 Å². The lowest BCUT2D eigenvalue weighted by Gasteiger charge is -2.48. The van der Waals surface area contributed by atoms with Gasteiger partial charge in [-0.3, -0.25) is 38.4 Å². The molecule has 1 spiro atoms. The van der Waals surface area contributed by atoms with Crippen LogP contribution in [0.1, 0.15) is 85.8 Å². The van der Waals surface area contributed by atoms with Crippen LogP contribution in [-0.4, -0.2) is 115 Å². The lowest BCUT2D eigenvalue weighted by Crippen LogP contribution is -2.57. The van der Waals surface area contributed by atoms with Crippen molar-refractivity contribution in [2.75, 3.05) is 50.8 Å². The van der Waals surface area contributed by atoms with Crippen molar-refractivity contribution in [3.05, 3.63) is 87.7 Å². The molecule has 3 amide bonds. The van der Waals surface area contributed by atoms with Crippen LogP contribution in [0.25, 0.3) is 21.9 Å². The summed E-state index contributed by atoms with van der Waals surface area (Å²) < 4.78 is 85.0. The Morgan fingerprint density at radius 3 is 2.36 bits per heavy atom. The Morgan fingerprint density at radius 2 is 1.67 bits per heavy atom. The quantitative estimate of drug-likeness (QED) is 0.0742. The normalized spacial score (nSPS) is 21.0. The number of aromatic nitrogens is 4. The van der Waals surface area contributed by atoms with Gasteiger partial charge in [0.1, 0.15) is 6.04 Å². The molecule has 5 aromatic rings. The highest BCUT2D eigenvalue weighted by Crippen LogP contribution is 2.36. The standard InChI is InChI=1S/C45H51F3N8O6.C2HF3O2/c1-52-37-21-27(6-11-35(37)56(44(52)61)36-12-13-38(57)50-43(36)60)3-2-16-53-19-20-62-45(26-53)14-17-54(18-15-45)31-10-7-29-25-55(51-34(29)22-31)30-8-4-28(5-9-30)24-49-42(59)32-23-33(46)41(58)40(48)39(32)47;3-2(4,5)1(6)7/h6-7,10-11,21-23,25,28,30,36,58H,2-5,8-9,12-20,24,26H2,1H3,(H,49,59)(H,50,57,60);(H,6,7)/t28?,30?,36-;/m1./s1. The van der Waals surface area contributed by atoms with Crippen LogP contribution in [0.5, 0.6) is 5.75 Å². The second-order valence-corrected chi connectivity index (χ2v) is 18.3. The van der Waals surface area contributed by atoms with Gasteiger partial charge in [-0.15, -0.1) is 0 Å². The fourth-order valence-electron chi connectivity index (χ4n) is 9.99. The fraction of sp³-hybridized carbons (Fsp3) is 0.489. The largest absolute Gasteiger partial charge is 0.503 e. The smallest absolute Gasteiger partial charge is 0.490 e. The second-order valence-electron chi connectivity index (χ2n) is 18.3. The van der Waals surface area contributed by atoms with Crippen molar-refractivity contribution < 1.29 is 60.5 Å². The molecule has 4 aliphatic rings. The van der Waals surface area contributed by atoms with Crippen molar-refractivity contribution in [2.45, 2.75) is 88.1 Å². The van der Waals surface area contributed by atoms with Gasteiger partial charge in [0.15, 0.2) is 17.4 Å². The van der Waals surface area contributed by atoms with Crippen molar-refractivity contribution in [3.8, 4) is 5.75 Å². The molecule has 1 aliphatic carbocycles. The van der Waals surface area contributed by atoms with E-state index in [2.05, 4.69) is 44.8 Å². The number of carbonyl (C=O) groups excluding carboxylic acids is 3. The summed E-state index contributed by atoms with van der Waals surface area (Å²) in [6.07, 6.45) is 4.44. The molecule has 1 saturated carbocycles. The highest BCUT2D eigenvalue weighted by molar-refractivity contribution is 6.00. The summed E-state index contributed by atoms with van der Waals surface area (Å²) in [6.45, 7) is 5.41. The monoisotopic (exact) mass is 970 g/mol. The average Bonchev–Trinajstić information content (AvgIpc) is 3.86. The van der Waals surface area contributed by atoms with Crippen molar-refractivity contribution in [2.24, 2.45) is 13.0 Å². The van der Waals surface area contributed by atoms with Crippen LogP contribution in [0.4, 0.5) is 32.0 Å². The number of phenolic OH excluding ortho intramolecular Hbond substituents is 1. The zero-order valence-electron chi connectivity index (χ0n) is 37.7. The highest BCUT2D eigenvalue weighted by atomic mass is 19.4. The van der Waals surface area contributed by atoms with Gasteiger partial charge in [-0.25, -0.2) is 18.4 Å². The number of anilines is 1. The molecule has 1 atom stereocenters.